The quantitative estimate of drug-likeness (QED) is 0.625. The first-order valence-corrected chi connectivity index (χ1v) is 8.90. The lowest BCUT2D eigenvalue weighted by atomic mass is 10.2. The highest BCUT2D eigenvalue weighted by Gasteiger charge is 2.16. The fraction of sp³-hybridized carbons (Fsp3) is 0.300. The summed E-state index contributed by atoms with van der Waals surface area (Å²) in [6.07, 6.45) is 0. The molecule has 2 amide bonds. The standard InChI is InChI=1S/C20H22F3N3O3/c1-3-29-14-6-4-13(5-7-14)11-26(2)12-18(28)24-10-17(27)25-16-9-8-15(21)19(22)20(16)23/h4-9H,3,10-12H2,1-2H3,(H,24,28)(H,25,27). The van der Waals surface area contributed by atoms with Crippen molar-refractivity contribution < 1.29 is 27.5 Å². The Morgan fingerprint density at radius 2 is 1.69 bits per heavy atom. The molecule has 2 aromatic rings. The lowest BCUT2D eigenvalue weighted by Crippen LogP contribution is -2.39. The summed E-state index contributed by atoms with van der Waals surface area (Å²) < 4.78 is 44.9. The number of anilines is 1. The van der Waals surface area contributed by atoms with Crippen molar-refractivity contribution in [1.29, 1.82) is 0 Å². The van der Waals surface area contributed by atoms with E-state index in [-0.39, 0.29) is 6.54 Å². The highest BCUT2D eigenvalue weighted by molar-refractivity contribution is 5.94. The van der Waals surface area contributed by atoms with E-state index in [2.05, 4.69) is 10.6 Å². The van der Waals surface area contributed by atoms with Crippen LogP contribution in [0.5, 0.6) is 5.75 Å². The SMILES string of the molecule is CCOc1ccc(CN(C)CC(=O)NCC(=O)Nc2ccc(F)c(F)c2F)cc1. The number of nitrogens with zero attached hydrogens (tertiary/aromatic N) is 1. The van der Waals surface area contributed by atoms with Gasteiger partial charge in [0.05, 0.1) is 25.4 Å². The van der Waals surface area contributed by atoms with Gasteiger partial charge in [-0.1, -0.05) is 12.1 Å². The molecule has 0 aliphatic heterocycles. The predicted molar refractivity (Wildman–Crippen MR) is 102 cm³/mol. The second-order valence-electron chi connectivity index (χ2n) is 6.30. The Morgan fingerprint density at radius 3 is 2.34 bits per heavy atom. The molecule has 0 bridgehead atoms. The largest absolute Gasteiger partial charge is 0.494 e. The van der Waals surface area contributed by atoms with E-state index in [9.17, 15) is 22.8 Å². The number of amides is 2. The minimum absolute atomic E-state index is 0.0278. The molecule has 6 nitrogen and oxygen atoms in total. The Kier molecular flexibility index (Phi) is 8.02. The van der Waals surface area contributed by atoms with Crippen LogP contribution in [0.4, 0.5) is 18.9 Å². The third kappa shape index (κ3) is 6.79. The summed E-state index contributed by atoms with van der Waals surface area (Å²) in [6.45, 7) is 2.57. The van der Waals surface area contributed by atoms with Crippen molar-refractivity contribution in [3.05, 3.63) is 59.4 Å². The Labute approximate surface area is 166 Å². The molecule has 0 fully saturated rings. The van der Waals surface area contributed by atoms with Gasteiger partial charge in [0.1, 0.15) is 5.75 Å². The maximum atomic E-state index is 13.5. The Hall–Kier alpha value is -3.07. The van der Waals surface area contributed by atoms with E-state index in [1.54, 1.807) is 11.9 Å². The summed E-state index contributed by atoms with van der Waals surface area (Å²) in [7, 11) is 1.74. The minimum atomic E-state index is -1.68. The molecular weight excluding hydrogens is 387 g/mol. The minimum Gasteiger partial charge on any atom is -0.494 e. The van der Waals surface area contributed by atoms with Gasteiger partial charge in [0.15, 0.2) is 17.5 Å². The molecule has 0 atom stereocenters. The second kappa shape index (κ2) is 10.5. The number of nitrogens with one attached hydrogen (secondary N) is 2. The van der Waals surface area contributed by atoms with Gasteiger partial charge in [0.25, 0.3) is 0 Å². The van der Waals surface area contributed by atoms with Crippen LogP contribution in [0.2, 0.25) is 0 Å². The number of hydrogen-bond acceptors (Lipinski definition) is 4. The molecule has 0 spiro atoms. The number of hydrogen-bond donors (Lipinski definition) is 2. The molecule has 2 rings (SSSR count). The average Bonchev–Trinajstić information content (AvgIpc) is 2.68. The molecule has 0 radical (unpaired) electrons. The highest BCUT2D eigenvalue weighted by atomic mass is 19.2. The first kappa shape index (κ1) is 22.2. The number of likely N-dealkylation sites (N-methyl/N-ethyl adjacent to an activating group) is 1. The van der Waals surface area contributed by atoms with E-state index < -0.39 is 41.5 Å². The molecular formula is C20H22F3N3O3. The van der Waals surface area contributed by atoms with E-state index in [1.165, 1.54) is 0 Å². The van der Waals surface area contributed by atoms with Gasteiger partial charge >= 0.3 is 0 Å². The van der Waals surface area contributed by atoms with Crippen molar-refractivity contribution in [2.24, 2.45) is 0 Å². The molecule has 0 saturated carbocycles. The summed E-state index contributed by atoms with van der Waals surface area (Å²) in [5.74, 6) is -4.95. The first-order chi connectivity index (χ1) is 13.8. The maximum Gasteiger partial charge on any atom is 0.243 e. The zero-order valence-electron chi connectivity index (χ0n) is 16.1. The maximum absolute atomic E-state index is 13.5. The number of carbonyl (C=O) groups excluding carboxylic acids is 2. The van der Waals surface area contributed by atoms with Crippen molar-refractivity contribution in [3.8, 4) is 5.75 Å². The number of carbonyl (C=O) groups is 2. The van der Waals surface area contributed by atoms with Crippen molar-refractivity contribution >= 4 is 17.5 Å². The van der Waals surface area contributed by atoms with E-state index in [1.807, 2.05) is 31.2 Å². The van der Waals surface area contributed by atoms with Crippen LogP contribution >= 0.6 is 0 Å². The molecule has 2 N–H and O–H groups in total. The fourth-order valence-corrected chi connectivity index (χ4v) is 2.52. The average molecular weight is 409 g/mol. The van der Waals surface area contributed by atoms with Gasteiger partial charge in [-0.2, -0.15) is 0 Å². The molecule has 0 unspecified atom stereocenters. The van der Waals surface area contributed by atoms with Crippen LogP contribution < -0.4 is 15.4 Å². The van der Waals surface area contributed by atoms with E-state index in [4.69, 9.17) is 4.74 Å². The molecule has 0 aromatic heterocycles. The van der Waals surface area contributed by atoms with Crippen LogP contribution in [0, 0.1) is 17.5 Å². The van der Waals surface area contributed by atoms with Crippen molar-refractivity contribution in [2.45, 2.75) is 13.5 Å². The zero-order chi connectivity index (χ0) is 21.4. The first-order valence-electron chi connectivity index (χ1n) is 8.90. The summed E-state index contributed by atoms with van der Waals surface area (Å²) in [5, 5.41) is 4.47. The van der Waals surface area contributed by atoms with E-state index in [0.29, 0.717) is 19.2 Å². The van der Waals surface area contributed by atoms with Crippen LogP contribution in [0.15, 0.2) is 36.4 Å². The number of benzene rings is 2. The van der Waals surface area contributed by atoms with Crippen LogP contribution in [0.3, 0.4) is 0 Å². The van der Waals surface area contributed by atoms with Crippen molar-refractivity contribution in [3.63, 3.8) is 0 Å². The summed E-state index contributed by atoms with van der Waals surface area (Å²) in [4.78, 5) is 25.5. The Balaban J connectivity index is 1.77. The fourth-order valence-electron chi connectivity index (χ4n) is 2.52. The topological polar surface area (TPSA) is 70.7 Å². The van der Waals surface area contributed by atoms with Gasteiger partial charge in [-0.25, -0.2) is 13.2 Å². The summed E-state index contributed by atoms with van der Waals surface area (Å²) in [6, 6.07) is 9.07. The number of halogens is 3. The van der Waals surface area contributed by atoms with Gasteiger partial charge in [0, 0.05) is 6.54 Å². The van der Waals surface area contributed by atoms with Crippen LogP contribution in [0.1, 0.15) is 12.5 Å². The van der Waals surface area contributed by atoms with Crippen LogP contribution in [-0.2, 0) is 16.1 Å². The number of ether oxygens (including phenoxy) is 1. The zero-order valence-corrected chi connectivity index (χ0v) is 16.1. The van der Waals surface area contributed by atoms with E-state index in [0.717, 1.165) is 17.4 Å². The Morgan fingerprint density at radius 1 is 1.00 bits per heavy atom. The second-order valence-corrected chi connectivity index (χ2v) is 6.30. The lowest BCUT2D eigenvalue weighted by molar-refractivity contribution is -0.124. The van der Waals surface area contributed by atoms with Gasteiger partial charge in [0.2, 0.25) is 11.8 Å². The highest BCUT2D eigenvalue weighted by Crippen LogP contribution is 2.19. The van der Waals surface area contributed by atoms with Crippen molar-refractivity contribution in [1.82, 2.24) is 10.2 Å². The summed E-state index contributed by atoms with van der Waals surface area (Å²) >= 11 is 0. The molecule has 0 heterocycles. The molecule has 0 aliphatic rings. The Bertz CT molecular complexity index is 860. The molecule has 0 saturated heterocycles. The third-order valence-corrected chi connectivity index (χ3v) is 3.86. The van der Waals surface area contributed by atoms with E-state index >= 15 is 0 Å². The molecule has 29 heavy (non-hydrogen) atoms. The van der Waals surface area contributed by atoms with Crippen LogP contribution in [0.25, 0.3) is 0 Å². The third-order valence-electron chi connectivity index (χ3n) is 3.86. The lowest BCUT2D eigenvalue weighted by Gasteiger charge is -2.16. The molecule has 156 valence electrons. The molecule has 2 aromatic carbocycles. The monoisotopic (exact) mass is 409 g/mol. The summed E-state index contributed by atoms with van der Waals surface area (Å²) in [5.41, 5.74) is 0.478. The molecule has 9 heteroatoms. The van der Waals surface area contributed by atoms with Gasteiger partial charge in [-0.05, 0) is 43.8 Å². The number of rotatable bonds is 9. The van der Waals surface area contributed by atoms with Crippen molar-refractivity contribution in [2.75, 3.05) is 32.1 Å². The normalized spacial score (nSPS) is 10.7. The van der Waals surface area contributed by atoms with Gasteiger partial charge in [-0.15, -0.1) is 0 Å². The smallest absolute Gasteiger partial charge is 0.243 e. The van der Waals surface area contributed by atoms with Gasteiger partial charge < -0.3 is 15.4 Å². The van der Waals surface area contributed by atoms with Crippen LogP contribution in [-0.4, -0.2) is 43.5 Å². The molecule has 0 aliphatic carbocycles. The van der Waals surface area contributed by atoms with Gasteiger partial charge in [-0.3, -0.25) is 14.5 Å². The predicted octanol–water partition coefficient (Wildman–Crippen LogP) is 2.69.